The molecule has 7 heteroatoms. The third-order valence-corrected chi connectivity index (χ3v) is 5.69. The molecule has 0 bridgehead atoms. The van der Waals surface area contributed by atoms with Gasteiger partial charge in [0.25, 0.3) is 0 Å². The van der Waals surface area contributed by atoms with Crippen molar-refractivity contribution < 1.29 is 19.8 Å². The minimum atomic E-state index is -1.46. The van der Waals surface area contributed by atoms with Crippen LogP contribution < -0.4 is 10.2 Å². The number of amidine groups is 1. The standard InChI is InChI=1S/C16H23ClN2O4/c1-6-15(12(20)21)8-19-10(18-15)7-9(2)16(11(19)17,13(22)23)14(3,4)5/h7,11H,6,8H2,1-5H3,(H,20,21)(H,22,23)/p-2. The van der Waals surface area contributed by atoms with E-state index in [1.165, 1.54) is 4.90 Å². The van der Waals surface area contributed by atoms with E-state index in [4.69, 9.17) is 11.6 Å². The highest BCUT2D eigenvalue weighted by Gasteiger charge is 2.57. The average Bonchev–Trinajstić information content (AvgIpc) is 2.77. The quantitative estimate of drug-likeness (QED) is 0.528. The molecule has 0 spiro atoms. The Bertz CT molecular complexity index is 622. The van der Waals surface area contributed by atoms with Crippen LogP contribution in [0.25, 0.3) is 0 Å². The van der Waals surface area contributed by atoms with Crippen LogP contribution in [0, 0.1) is 10.8 Å². The molecule has 3 atom stereocenters. The van der Waals surface area contributed by atoms with Crippen LogP contribution >= 0.6 is 11.6 Å². The maximum atomic E-state index is 12.1. The second kappa shape index (κ2) is 5.23. The molecule has 0 radical (unpaired) electrons. The second-order valence-electron chi connectivity index (χ2n) is 7.28. The molecule has 0 aromatic carbocycles. The van der Waals surface area contributed by atoms with Crippen LogP contribution in [0.5, 0.6) is 0 Å². The fourth-order valence-corrected chi connectivity index (χ4v) is 4.44. The number of carbonyl (C=O) groups excluding carboxylic acids is 2. The van der Waals surface area contributed by atoms with Gasteiger partial charge in [-0.3, -0.25) is 4.99 Å². The summed E-state index contributed by atoms with van der Waals surface area (Å²) in [5.74, 6) is -2.18. The van der Waals surface area contributed by atoms with E-state index in [1.807, 2.05) is 0 Å². The molecule has 128 valence electrons. The van der Waals surface area contributed by atoms with E-state index in [-0.39, 0.29) is 13.0 Å². The monoisotopic (exact) mass is 340 g/mol. The van der Waals surface area contributed by atoms with Gasteiger partial charge in [-0.25, -0.2) is 0 Å². The van der Waals surface area contributed by atoms with E-state index in [9.17, 15) is 19.8 Å². The molecule has 6 nitrogen and oxygen atoms in total. The number of alkyl halides is 1. The number of carboxylic acids is 2. The van der Waals surface area contributed by atoms with Gasteiger partial charge in [0, 0.05) is 0 Å². The van der Waals surface area contributed by atoms with Gasteiger partial charge in [-0.1, -0.05) is 44.9 Å². The summed E-state index contributed by atoms with van der Waals surface area (Å²) in [7, 11) is 0. The molecule has 23 heavy (non-hydrogen) atoms. The fourth-order valence-electron chi connectivity index (χ4n) is 3.68. The topological polar surface area (TPSA) is 95.9 Å². The van der Waals surface area contributed by atoms with Crippen molar-refractivity contribution in [3.8, 4) is 0 Å². The number of hydrogen-bond donors (Lipinski definition) is 0. The zero-order chi connectivity index (χ0) is 17.8. The average molecular weight is 341 g/mol. The fraction of sp³-hybridized carbons (Fsp3) is 0.688. The highest BCUT2D eigenvalue weighted by atomic mass is 35.5. The zero-order valence-electron chi connectivity index (χ0n) is 14.0. The van der Waals surface area contributed by atoms with Crippen molar-refractivity contribution in [3.05, 3.63) is 11.6 Å². The largest absolute Gasteiger partial charge is 0.549 e. The van der Waals surface area contributed by atoms with Gasteiger partial charge in [0.1, 0.15) is 16.9 Å². The summed E-state index contributed by atoms with van der Waals surface area (Å²) in [6.45, 7) is 8.69. The minimum absolute atomic E-state index is 0.00970. The SMILES string of the molecule is CCC1(C(=O)[O-])CN2C(=N1)C=C(C)C(C(=O)[O-])(C(C)(C)C)C2Cl. The van der Waals surface area contributed by atoms with Crippen LogP contribution in [0.4, 0.5) is 0 Å². The Balaban J connectivity index is 2.62. The van der Waals surface area contributed by atoms with Crippen LogP contribution in [0.2, 0.25) is 0 Å². The Morgan fingerprint density at radius 3 is 2.35 bits per heavy atom. The number of aliphatic carboxylic acids is 2. The molecule has 2 rings (SSSR count). The van der Waals surface area contributed by atoms with Crippen LogP contribution in [0.15, 0.2) is 16.6 Å². The summed E-state index contributed by atoms with van der Waals surface area (Å²) in [6.07, 6.45) is 1.83. The zero-order valence-corrected chi connectivity index (χ0v) is 14.7. The van der Waals surface area contributed by atoms with Crippen molar-refractivity contribution in [1.82, 2.24) is 4.90 Å². The molecule has 0 aliphatic carbocycles. The van der Waals surface area contributed by atoms with Crippen LogP contribution in [-0.2, 0) is 9.59 Å². The van der Waals surface area contributed by atoms with Crippen molar-refractivity contribution in [2.75, 3.05) is 6.54 Å². The third-order valence-electron chi connectivity index (χ3n) is 5.12. The Hall–Kier alpha value is -1.56. The van der Waals surface area contributed by atoms with E-state index in [2.05, 4.69) is 4.99 Å². The van der Waals surface area contributed by atoms with Crippen LogP contribution in [0.3, 0.4) is 0 Å². The van der Waals surface area contributed by atoms with Gasteiger partial charge < -0.3 is 24.7 Å². The highest BCUT2D eigenvalue weighted by Crippen LogP contribution is 2.53. The van der Waals surface area contributed by atoms with Gasteiger partial charge in [0.2, 0.25) is 0 Å². The summed E-state index contributed by atoms with van der Waals surface area (Å²) >= 11 is 6.57. The summed E-state index contributed by atoms with van der Waals surface area (Å²) in [5.41, 5.74) is -4.08. The number of carbonyl (C=O) groups is 2. The smallest absolute Gasteiger partial charge is 0.125 e. The van der Waals surface area contributed by atoms with Crippen molar-refractivity contribution in [2.24, 2.45) is 15.8 Å². The van der Waals surface area contributed by atoms with Gasteiger partial charge in [0.05, 0.1) is 23.9 Å². The first kappa shape index (κ1) is 17.8. The predicted octanol–water partition coefficient (Wildman–Crippen LogP) is -0.0936. The van der Waals surface area contributed by atoms with Crippen molar-refractivity contribution in [1.29, 1.82) is 0 Å². The van der Waals surface area contributed by atoms with Crippen LogP contribution in [0.1, 0.15) is 41.0 Å². The second-order valence-corrected chi connectivity index (χ2v) is 7.69. The number of halogens is 1. The van der Waals surface area contributed by atoms with Gasteiger partial charge in [0.15, 0.2) is 0 Å². The van der Waals surface area contributed by atoms with Crippen molar-refractivity contribution >= 4 is 29.4 Å². The first-order chi connectivity index (χ1) is 10.4. The molecule has 3 unspecified atom stereocenters. The summed E-state index contributed by atoms with van der Waals surface area (Å²) < 4.78 is 0. The number of fused-ring (bicyclic) bond motifs is 1. The lowest BCUT2D eigenvalue weighted by Crippen LogP contribution is -2.64. The number of hydrogen-bond acceptors (Lipinski definition) is 6. The Morgan fingerprint density at radius 2 is 1.96 bits per heavy atom. The summed E-state index contributed by atoms with van der Waals surface area (Å²) in [4.78, 5) is 29.4. The molecule has 2 aliphatic rings. The molecule has 0 aromatic heterocycles. The van der Waals surface area contributed by atoms with Gasteiger partial charge >= 0.3 is 0 Å². The Kier molecular flexibility index (Phi) is 4.04. The van der Waals surface area contributed by atoms with Gasteiger partial charge in [-0.15, -0.1) is 0 Å². The molecular weight excluding hydrogens is 320 g/mol. The molecular formula is C16H21ClN2O4-2. The van der Waals surface area contributed by atoms with E-state index in [0.29, 0.717) is 11.4 Å². The first-order valence-electron chi connectivity index (χ1n) is 7.56. The van der Waals surface area contributed by atoms with E-state index in [0.717, 1.165) is 0 Å². The predicted molar refractivity (Wildman–Crippen MR) is 82.5 cm³/mol. The Labute approximate surface area is 140 Å². The van der Waals surface area contributed by atoms with Crippen LogP contribution in [-0.4, -0.2) is 40.3 Å². The molecule has 0 saturated heterocycles. The number of aliphatic imine (C=N–C) groups is 1. The molecule has 0 saturated carbocycles. The molecule has 0 amide bonds. The molecule has 0 N–H and O–H groups in total. The number of rotatable bonds is 3. The lowest BCUT2D eigenvalue weighted by atomic mass is 9.60. The van der Waals surface area contributed by atoms with Gasteiger partial charge in [-0.2, -0.15) is 0 Å². The lowest BCUT2D eigenvalue weighted by Gasteiger charge is -2.54. The van der Waals surface area contributed by atoms with E-state index < -0.39 is 33.8 Å². The molecule has 0 fully saturated rings. The molecule has 2 heterocycles. The maximum absolute atomic E-state index is 12.1. The number of carboxylic acid groups (broad SMARTS) is 2. The number of nitrogens with zero attached hydrogens (tertiary/aromatic N) is 2. The summed E-state index contributed by atoms with van der Waals surface area (Å²) in [6, 6.07) is 0. The van der Waals surface area contributed by atoms with E-state index in [1.54, 1.807) is 40.7 Å². The first-order valence-corrected chi connectivity index (χ1v) is 8.00. The van der Waals surface area contributed by atoms with E-state index >= 15 is 0 Å². The third kappa shape index (κ3) is 2.18. The van der Waals surface area contributed by atoms with Crippen molar-refractivity contribution in [3.63, 3.8) is 0 Å². The normalized spacial score (nSPS) is 33.8. The highest BCUT2D eigenvalue weighted by molar-refractivity contribution is 6.25. The van der Waals surface area contributed by atoms with Gasteiger partial charge in [-0.05, 0) is 24.8 Å². The minimum Gasteiger partial charge on any atom is -0.549 e. The summed E-state index contributed by atoms with van der Waals surface area (Å²) in [5, 5.41) is 23.6. The molecule has 2 aliphatic heterocycles. The lowest BCUT2D eigenvalue weighted by molar-refractivity contribution is -0.323. The van der Waals surface area contributed by atoms with Crippen molar-refractivity contribution in [2.45, 2.75) is 52.1 Å². The molecule has 0 aromatic rings. The maximum Gasteiger partial charge on any atom is 0.125 e. The Morgan fingerprint density at radius 1 is 1.39 bits per heavy atom.